The average molecular weight is 368 g/mol. The molecule has 1 saturated heterocycles. The number of methoxy groups -OCH3 is 3. The topological polar surface area (TPSA) is 73.9 Å². The van der Waals surface area contributed by atoms with Crippen LogP contribution in [0.25, 0.3) is 0 Å². The molecule has 1 N–H and O–H groups in total. The minimum atomic E-state index is -0.859. The maximum atomic E-state index is 13.3. The third-order valence-corrected chi connectivity index (χ3v) is 7.37. The molecule has 0 amide bonds. The molecule has 0 aromatic heterocycles. The molecule has 0 aromatic rings. The molecule has 136 valence electrons. The van der Waals surface area contributed by atoms with Gasteiger partial charge in [-0.1, -0.05) is 0 Å². The van der Waals surface area contributed by atoms with Gasteiger partial charge < -0.3 is 19.5 Å². The number of halogens is 1. The number of ether oxygens (including phenoxy) is 3. The maximum Gasteiger partial charge on any atom is 0.205 e. The standard InChI is InChI=1S/C18H22ClNO5/c1-23-11-4-5-17(14(11)22)12(19)9-18-15(25-3)13(24-2)10(21)8-16(17,18)6-7-20-18/h4,12,20H,5-9H2,1-3H3/t12-,16-,17+,18+/m0/s1. The highest BCUT2D eigenvalue weighted by Gasteiger charge is 2.80. The molecule has 4 rings (SSSR count). The molecular weight excluding hydrogens is 346 g/mol. The van der Waals surface area contributed by atoms with E-state index in [1.54, 1.807) is 0 Å². The van der Waals surface area contributed by atoms with E-state index in [0.717, 1.165) is 0 Å². The number of hydrogen-bond donors (Lipinski definition) is 1. The van der Waals surface area contributed by atoms with E-state index < -0.39 is 21.7 Å². The van der Waals surface area contributed by atoms with Gasteiger partial charge in [0, 0.05) is 17.2 Å². The van der Waals surface area contributed by atoms with Crippen LogP contribution in [0.2, 0.25) is 0 Å². The summed E-state index contributed by atoms with van der Waals surface area (Å²) in [5.74, 6) is 0.826. The Balaban J connectivity index is 1.96. The summed E-state index contributed by atoms with van der Waals surface area (Å²) in [6.07, 6.45) is 3.71. The number of nitrogens with one attached hydrogen (secondary N) is 1. The Morgan fingerprint density at radius 1 is 1.20 bits per heavy atom. The third kappa shape index (κ3) is 1.61. The zero-order valence-electron chi connectivity index (χ0n) is 14.6. The molecule has 6 nitrogen and oxygen atoms in total. The first-order valence-electron chi connectivity index (χ1n) is 8.48. The van der Waals surface area contributed by atoms with Gasteiger partial charge in [-0.25, -0.2) is 0 Å². The van der Waals surface area contributed by atoms with E-state index in [2.05, 4.69) is 5.32 Å². The molecule has 4 atom stereocenters. The van der Waals surface area contributed by atoms with Gasteiger partial charge in [0.25, 0.3) is 0 Å². The van der Waals surface area contributed by atoms with Crippen molar-refractivity contribution in [3.05, 3.63) is 23.4 Å². The molecule has 4 aliphatic rings. The SMILES string of the molecule is COC1=CC[C@]2(C1=O)[C@@H](Cl)C[C@]13NCC[C@]21CC(=O)C(OC)=C3OC. The van der Waals surface area contributed by atoms with E-state index >= 15 is 0 Å². The fourth-order valence-corrected chi connectivity index (χ4v) is 6.57. The minimum absolute atomic E-state index is 0.0929. The molecule has 0 unspecified atom stereocenters. The van der Waals surface area contributed by atoms with Crippen LogP contribution < -0.4 is 5.32 Å². The van der Waals surface area contributed by atoms with Gasteiger partial charge >= 0.3 is 0 Å². The van der Waals surface area contributed by atoms with E-state index in [0.29, 0.717) is 37.3 Å². The van der Waals surface area contributed by atoms with Crippen molar-refractivity contribution in [1.29, 1.82) is 0 Å². The summed E-state index contributed by atoms with van der Waals surface area (Å²) in [6.45, 7) is 0.693. The van der Waals surface area contributed by atoms with Crippen LogP contribution in [0.4, 0.5) is 0 Å². The summed E-state index contributed by atoms with van der Waals surface area (Å²) >= 11 is 6.84. The zero-order valence-corrected chi connectivity index (χ0v) is 15.4. The predicted molar refractivity (Wildman–Crippen MR) is 89.9 cm³/mol. The van der Waals surface area contributed by atoms with E-state index in [-0.39, 0.29) is 23.7 Å². The number of carbonyl (C=O) groups excluding carboxylic acids is 2. The Kier molecular flexibility index (Phi) is 3.54. The Morgan fingerprint density at radius 2 is 1.96 bits per heavy atom. The van der Waals surface area contributed by atoms with E-state index in [4.69, 9.17) is 25.8 Å². The summed E-state index contributed by atoms with van der Waals surface area (Å²) in [7, 11) is 4.50. The average Bonchev–Trinajstić information content (AvgIpc) is 3.18. The number of hydrogen-bond acceptors (Lipinski definition) is 6. The second kappa shape index (κ2) is 5.24. The first-order chi connectivity index (χ1) is 11.9. The summed E-state index contributed by atoms with van der Waals surface area (Å²) in [4.78, 5) is 26.2. The normalized spacial score (nSPS) is 42.6. The van der Waals surface area contributed by atoms with Gasteiger partial charge in [0.15, 0.2) is 11.5 Å². The van der Waals surface area contributed by atoms with Gasteiger partial charge in [0.05, 0.1) is 32.3 Å². The zero-order chi connectivity index (χ0) is 18.0. The van der Waals surface area contributed by atoms with Crippen LogP contribution in [0.3, 0.4) is 0 Å². The van der Waals surface area contributed by atoms with Gasteiger partial charge in [-0.3, -0.25) is 9.59 Å². The Morgan fingerprint density at radius 3 is 2.56 bits per heavy atom. The lowest BCUT2D eigenvalue weighted by Gasteiger charge is -2.50. The molecule has 0 bridgehead atoms. The highest BCUT2D eigenvalue weighted by atomic mass is 35.5. The molecule has 0 radical (unpaired) electrons. The van der Waals surface area contributed by atoms with Crippen molar-refractivity contribution < 1.29 is 23.8 Å². The minimum Gasteiger partial charge on any atom is -0.495 e. The monoisotopic (exact) mass is 367 g/mol. The highest BCUT2D eigenvalue weighted by Crippen LogP contribution is 2.72. The van der Waals surface area contributed by atoms with E-state index in [1.165, 1.54) is 21.3 Å². The summed E-state index contributed by atoms with van der Waals surface area (Å²) in [5.41, 5.74) is -2.16. The lowest BCUT2D eigenvalue weighted by Crippen LogP contribution is -2.60. The van der Waals surface area contributed by atoms with E-state index in [9.17, 15) is 9.59 Å². The van der Waals surface area contributed by atoms with Crippen molar-refractivity contribution in [1.82, 2.24) is 5.32 Å². The Bertz CT molecular complexity index is 731. The summed E-state index contributed by atoms with van der Waals surface area (Å²) in [6, 6.07) is 0. The molecule has 1 spiro atoms. The Labute approximate surface area is 151 Å². The van der Waals surface area contributed by atoms with Gasteiger partial charge in [-0.15, -0.1) is 11.6 Å². The number of carbonyl (C=O) groups is 2. The second-order valence-corrected chi connectivity index (χ2v) is 7.81. The fourth-order valence-electron chi connectivity index (χ4n) is 5.94. The van der Waals surface area contributed by atoms with Crippen molar-refractivity contribution in [2.45, 2.75) is 36.6 Å². The molecule has 2 fully saturated rings. The molecule has 3 aliphatic carbocycles. The van der Waals surface area contributed by atoms with Crippen LogP contribution in [0.15, 0.2) is 23.4 Å². The Hall–Kier alpha value is -1.53. The van der Waals surface area contributed by atoms with Crippen LogP contribution >= 0.6 is 11.6 Å². The lowest BCUT2D eigenvalue weighted by molar-refractivity contribution is -0.139. The highest BCUT2D eigenvalue weighted by molar-refractivity contribution is 6.25. The first kappa shape index (κ1) is 16.9. The van der Waals surface area contributed by atoms with Gasteiger partial charge in [0.2, 0.25) is 17.3 Å². The number of ketones is 2. The van der Waals surface area contributed by atoms with E-state index in [1.807, 2.05) is 6.08 Å². The van der Waals surface area contributed by atoms with Crippen LogP contribution in [0.5, 0.6) is 0 Å². The quantitative estimate of drug-likeness (QED) is 0.765. The molecule has 1 aliphatic heterocycles. The number of allylic oxidation sites excluding steroid dienone is 3. The van der Waals surface area contributed by atoms with Crippen LogP contribution in [0.1, 0.15) is 25.7 Å². The summed E-state index contributed by atoms with van der Waals surface area (Å²) < 4.78 is 16.3. The van der Waals surface area contributed by atoms with Gasteiger partial charge in [-0.05, 0) is 31.9 Å². The van der Waals surface area contributed by atoms with Crippen LogP contribution in [-0.2, 0) is 23.8 Å². The second-order valence-electron chi connectivity index (χ2n) is 7.28. The van der Waals surface area contributed by atoms with Crippen molar-refractivity contribution in [2.75, 3.05) is 27.9 Å². The molecular formula is C18H22ClNO5. The summed E-state index contributed by atoms with van der Waals surface area (Å²) in [5, 5.41) is 3.10. The van der Waals surface area contributed by atoms with Crippen molar-refractivity contribution >= 4 is 23.2 Å². The molecule has 25 heavy (non-hydrogen) atoms. The number of rotatable bonds is 3. The van der Waals surface area contributed by atoms with Gasteiger partial charge in [-0.2, -0.15) is 0 Å². The number of alkyl halides is 1. The molecule has 7 heteroatoms. The predicted octanol–water partition coefficient (Wildman–Crippen LogP) is 1.68. The van der Waals surface area contributed by atoms with Gasteiger partial charge in [0.1, 0.15) is 0 Å². The first-order valence-corrected chi connectivity index (χ1v) is 8.92. The maximum absolute atomic E-state index is 13.3. The lowest BCUT2D eigenvalue weighted by atomic mass is 9.53. The largest absolute Gasteiger partial charge is 0.495 e. The molecule has 1 saturated carbocycles. The van der Waals surface area contributed by atoms with Crippen LogP contribution in [0, 0.1) is 10.8 Å². The molecule has 0 aromatic carbocycles. The van der Waals surface area contributed by atoms with Crippen molar-refractivity contribution in [2.24, 2.45) is 10.8 Å². The van der Waals surface area contributed by atoms with Crippen molar-refractivity contribution in [3.8, 4) is 0 Å². The fraction of sp³-hybridized carbons (Fsp3) is 0.667. The van der Waals surface area contributed by atoms with Crippen LogP contribution in [-0.4, -0.2) is 50.4 Å². The number of Topliss-reactive ketones (excluding diaryl/α,β-unsaturated/α-hetero) is 2. The third-order valence-electron chi connectivity index (χ3n) is 6.85. The van der Waals surface area contributed by atoms with Crippen molar-refractivity contribution in [3.63, 3.8) is 0 Å². The smallest absolute Gasteiger partial charge is 0.205 e. The molecule has 1 heterocycles.